The lowest BCUT2D eigenvalue weighted by atomic mass is 10.2. The Bertz CT molecular complexity index is 609. The van der Waals surface area contributed by atoms with Gasteiger partial charge in [0.1, 0.15) is 16.7 Å². The van der Waals surface area contributed by atoms with Gasteiger partial charge in [0.15, 0.2) is 18.9 Å². The number of aromatic nitrogens is 1. The molecule has 20 heavy (non-hydrogen) atoms. The Labute approximate surface area is 118 Å². The fourth-order valence-electron chi connectivity index (χ4n) is 1.40. The lowest BCUT2D eigenvalue weighted by Crippen LogP contribution is -2.33. The van der Waals surface area contributed by atoms with Gasteiger partial charge in [0.25, 0.3) is 0 Å². The summed E-state index contributed by atoms with van der Waals surface area (Å²) >= 11 is 0. The van der Waals surface area contributed by atoms with Crippen LogP contribution in [0.25, 0.3) is 0 Å². The topological polar surface area (TPSA) is 81.3 Å². The standard InChI is InChI=1S/C7H10NO.C7H8O3S/c9-7-6-8-4-2-1-3-5-8;1-6-2-4-7(5-3-6)11(8,9)10/h1-5,9H,6-7H2;2-5H,1H3,(H,8,9,10)/q+1;/p-1. The van der Waals surface area contributed by atoms with Gasteiger partial charge in [-0.25, -0.2) is 13.0 Å². The largest absolute Gasteiger partial charge is 0.744 e. The third-order valence-corrected chi connectivity index (χ3v) is 3.29. The lowest BCUT2D eigenvalue weighted by Gasteiger charge is -2.05. The van der Waals surface area contributed by atoms with Gasteiger partial charge in [-0.15, -0.1) is 0 Å². The molecule has 0 unspecified atom stereocenters. The predicted molar refractivity (Wildman–Crippen MR) is 72.9 cm³/mol. The number of hydrogen-bond donors (Lipinski definition) is 1. The van der Waals surface area contributed by atoms with Crippen LogP contribution in [0.1, 0.15) is 5.56 Å². The molecule has 0 saturated heterocycles. The van der Waals surface area contributed by atoms with Crippen LogP contribution < -0.4 is 4.57 Å². The highest BCUT2D eigenvalue weighted by atomic mass is 32.2. The highest BCUT2D eigenvalue weighted by molar-refractivity contribution is 7.85. The quantitative estimate of drug-likeness (QED) is 0.673. The van der Waals surface area contributed by atoms with E-state index < -0.39 is 10.1 Å². The molecule has 0 radical (unpaired) electrons. The van der Waals surface area contributed by atoms with Crippen LogP contribution in [0.4, 0.5) is 0 Å². The highest BCUT2D eigenvalue weighted by Gasteiger charge is 1.97. The summed E-state index contributed by atoms with van der Waals surface area (Å²) in [4.78, 5) is -0.178. The molecule has 0 bridgehead atoms. The van der Waals surface area contributed by atoms with Gasteiger partial charge in [0, 0.05) is 12.1 Å². The van der Waals surface area contributed by atoms with E-state index in [-0.39, 0.29) is 11.5 Å². The molecule has 0 aliphatic rings. The first-order chi connectivity index (χ1) is 9.43. The Hall–Kier alpha value is -1.76. The fraction of sp³-hybridized carbons (Fsp3) is 0.214. The van der Waals surface area contributed by atoms with E-state index in [0.717, 1.165) is 5.56 Å². The molecule has 0 aliphatic carbocycles. The summed E-state index contributed by atoms with van der Waals surface area (Å²) < 4.78 is 33.1. The summed E-state index contributed by atoms with van der Waals surface area (Å²) in [6.45, 7) is 2.71. The van der Waals surface area contributed by atoms with Crippen LogP contribution in [-0.4, -0.2) is 24.7 Å². The van der Waals surface area contributed by atoms with Crippen molar-refractivity contribution in [3.05, 3.63) is 60.4 Å². The van der Waals surface area contributed by atoms with Crippen molar-refractivity contribution in [2.75, 3.05) is 6.61 Å². The molecule has 1 aromatic heterocycles. The smallest absolute Gasteiger partial charge is 0.171 e. The fourth-order valence-corrected chi connectivity index (χ4v) is 1.87. The van der Waals surface area contributed by atoms with E-state index in [9.17, 15) is 13.0 Å². The van der Waals surface area contributed by atoms with E-state index in [4.69, 9.17) is 5.11 Å². The zero-order valence-electron chi connectivity index (χ0n) is 11.1. The minimum Gasteiger partial charge on any atom is -0.744 e. The maximum absolute atomic E-state index is 10.4. The number of aliphatic hydroxyl groups excluding tert-OH is 1. The molecular weight excluding hydrogens is 278 g/mol. The molecule has 1 aromatic carbocycles. The molecule has 0 spiro atoms. The van der Waals surface area contributed by atoms with Gasteiger partial charge >= 0.3 is 0 Å². The van der Waals surface area contributed by atoms with Crippen LogP contribution in [0.2, 0.25) is 0 Å². The van der Waals surface area contributed by atoms with Crippen molar-refractivity contribution in [1.82, 2.24) is 0 Å². The molecule has 0 amide bonds. The molecule has 0 fully saturated rings. The molecule has 0 atom stereocenters. The Kier molecular flexibility index (Phi) is 6.30. The maximum Gasteiger partial charge on any atom is 0.171 e. The third-order valence-electron chi connectivity index (χ3n) is 2.45. The van der Waals surface area contributed by atoms with Crippen LogP contribution in [0.15, 0.2) is 59.8 Å². The lowest BCUT2D eigenvalue weighted by molar-refractivity contribution is -0.698. The Balaban J connectivity index is 0.000000204. The predicted octanol–water partition coefficient (Wildman–Crippen LogP) is 0.866. The van der Waals surface area contributed by atoms with Crippen molar-refractivity contribution in [2.24, 2.45) is 0 Å². The first-order valence-electron chi connectivity index (χ1n) is 6.01. The average Bonchev–Trinajstić information content (AvgIpc) is 2.40. The molecular formula is C14H17NO4S. The molecule has 2 aromatic rings. The molecule has 0 saturated carbocycles. The zero-order chi connectivity index (χ0) is 15.0. The van der Waals surface area contributed by atoms with Crippen molar-refractivity contribution in [2.45, 2.75) is 18.4 Å². The molecule has 2 rings (SSSR count). The minimum atomic E-state index is -4.27. The van der Waals surface area contributed by atoms with Gasteiger partial charge in [-0.1, -0.05) is 23.8 Å². The van der Waals surface area contributed by atoms with E-state index in [0.29, 0.717) is 6.54 Å². The average molecular weight is 295 g/mol. The van der Waals surface area contributed by atoms with Gasteiger partial charge in [-0.05, 0) is 19.1 Å². The second-order valence-corrected chi connectivity index (χ2v) is 5.48. The van der Waals surface area contributed by atoms with E-state index in [1.165, 1.54) is 12.1 Å². The summed E-state index contributed by atoms with van der Waals surface area (Å²) in [6.07, 6.45) is 3.85. The number of aliphatic hydroxyl groups is 1. The molecule has 6 heteroatoms. The summed E-state index contributed by atoms with van der Waals surface area (Å²) in [5.74, 6) is 0. The van der Waals surface area contributed by atoms with Crippen LogP contribution in [0.3, 0.4) is 0 Å². The van der Waals surface area contributed by atoms with Crippen molar-refractivity contribution in [1.29, 1.82) is 0 Å². The third kappa shape index (κ3) is 5.92. The number of benzene rings is 1. The Morgan fingerprint density at radius 3 is 2.10 bits per heavy atom. The minimum absolute atomic E-state index is 0.178. The summed E-state index contributed by atoms with van der Waals surface area (Å²) in [7, 11) is -4.27. The number of hydrogen-bond acceptors (Lipinski definition) is 4. The maximum atomic E-state index is 10.4. The number of pyridine rings is 1. The van der Waals surface area contributed by atoms with Crippen LogP contribution >= 0.6 is 0 Å². The number of aryl methyl sites for hydroxylation is 1. The molecule has 1 N–H and O–H groups in total. The van der Waals surface area contributed by atoms with E-state index >= 15 is 0 Å². The van der Waals surface area contributed by atoms with Gasteiger partial charge in [-0.3, -0.25) is 0 Å². The number of rotatable bonds is 3. The molecule has 108 valence electrons. The monoisotopic (exact) mass is 295 g/mol. The van der Waals surface area contributed by atoms with Crippen molar-refractivity contribution in [3.63, 3.8) is 0 Å². The van der Waals surface area contributed by atoms with E-state index in [1.807, 2.05) is 42.1 Å². The second kappa shape index (κ2) is 7.74. The number of nitrogens with zero attached hydrogens (tertiary/aromatic N) is 1. The van der Waals surface area contributed by atoms with E-state index in [2.05, 4.69) is 0 Å². The molecule has 1 heterocycles. The summed E-state index contributed by atoms with van der Waals surface area (Å²) in [5, 5.41) is 8.50. The van der Waals surface area contributed by atoms with Crippen LogP contribution in [0.5, 0.6) is 0 Å². The van der Waals surface area contributed by atoms with Crippen LogP contribution in [0, 0.1) is 6.92 Å². The first-order valence-corrected chi connectivity index (χ1v) is 7.42. The Morgan fingerprint density at radius 2 is 1.65 bits per heavy atom. The van der Waals surface area contributed by atoms with E-state index in [1.54, 1.807) is 12.1 Å². The summed E-state index contributed by atoms with van der Waals surface area (Å²) in [5.41, 5.74) is 0.928. The zero-order valence-corrected chi connectivity index (χ0v) is 12.0. The highest BCUT2D eigenvalue weighted by Crippen LogP contribution is 2.08. The Morgan fingerprint density at radius 1 is 1.10 bits per heavy atom. The van der Waals surface area contributed by atoms with Crippen molar-refractivity contribution >= 4 is 10.1 Å². The van der Waals surface area contributed by atoms with Gasteiger partial charge < -0.3 is 9.66 Å². The van der Waals surface area contributed by atoms with Crippen molar-refractivity contribution in [3.8, 4) is 0 Å². The molecule has 5 nitrogen and oxygen atoms in total. The van der Waals surface area contributed by atoms with Gasteiger partial charge in [0.05, 0.1) is 4.90 Å². The first kappa shape index (κ1) is 16.3. The summed E-state index contributed by atoms with van der Waals surface area (Å²) in [6, 6.07) is 11.6. The normalized spacial score (nSPS) is 10.6. The van der Waals surface area contributed by atoms with Gasteiger partial charge in [0.2, 0.25) is 0 Å². The van der Waals surface area contributed by atoms with Crippen molar-refractivity contribution < 1.29 is 22.6 Å². The molecule has 0 aliphatic heterocycles. The SMILES string of the molecule is Cc1ccc(S(=O)(=O)[O-])cc1.OCC[n+]1ccccc1. The second-order valence-electron chi connectivity index (χ2n) is 4.10. The van der Waals surface area contributed by atoms with Gasteiger partial charge in [-0.2, -0.15) is 0 Å². The van der Waals surface area contributed by atoms with Crippen LogP contribution in [-0.2, 0) is 16.7 Å².